The predicted molar refractivity (Wildman–Crippen MR) is 71.4 cm³/mol. The molecule has 17 heavy (non-hydrogen) atoms. The van der Waals surface area contributed by atoms with E-state index in [0.29, 0.717) is 15.8 Å². The third-order valence-corrected chi connectivity index (χ3v) is 3.18. The van der Waals surface area contributed by atoms with Gasteiger partial charge in [0.1, 0.15) is 11.5 Å². The molecule has 1 unspecified atom stereocenters. The molecule has 0 saturated carbocycles. The number of furan rings is 1. The maximum atomic E-state index is 6.11. The van der Waals surface area contributed by atoms with Gasteiger partial charge in [0.15, 0.2) is 0 Å². The van der Waals surface area contributed by atoms with E-state index in [1.54, 1.807) is 12.1 Å². The number of nitrogens with two attached hydrogens (primary N) is 1. The summed E-state index contributed by atoms with van der Waals surface area (Å²) in [5.74, 6) is 1.49. The highest BCUT2D eigenvalue weighted by atomic mass is 35.5. The lowest BCUT2D eigenvalue weighted by Crippen LogP contribution is -2.06. The summed E-state index contributed by atoms with van der Waals surface area (Å²) in [6.45, 7) is 2.02. The van der Waals surface area contributed by atoms with Crippen LogP contribution in [0.4, 0.5) is 0 Å². The third-order valence-electron chi connectivity index (χ3n) is 2.63. The summed E-state index contributed by atoms with van der Waals surface area (Å²) in [5.41, 5.74) is 6.72. The van der Waals surface area contributed by atoms with Gasteiger partial charge in [-0.3, -0.25) is 0 Å². The molecule has 1 atom stereocenters. The molecule has 0 aliphatic heterocycles. The van der Waals surface area contributed by atoms with E-state index in [1.165, 1.54) is 0 Å². The standard InChI is InChI=1S/C13H13Cl2NO/c1-2-11(16)13-6-5-12(17-13)9-4-3-8(14)7-10(9)15/h3-7,11H,2,16H2,1H3. The van der Waals surface area contributed by atoms with Gasteiger partial charge in [0.25, 0.3) is 0 Å². The predicted octanol–water partition coefficient (Wildman–Crippen LogP) is 4.66. The average Bonchev–Trinajstić information content (AvgIpc) is 2.77. The van der Waals surface area contributed by atoms with Gasteiger partial charge in [0.05, 0.1) is 11.1 Å². The van der Waals surface area contributed by atoms with Crippen molar-refractivity contribution in [2.24, 2.45) is 5.73 Å². The molecule has 2 aromatic rings. The van der Waals surface area contributed by atoms with Gasteiger partial charge < -0.3 is 10.2 Å². The molecule has 2 rings (SSSR count). The Kier molecular flexibility index (Phi) is 3.77. The fourth-order valence-electron chi connectivity index (χ4n) is 1.59. The fraction of sp³-hybridized carbons (Fsp3) is 0.231. The molecule has 2 N–H and O–H groups in total. The van der Waals surface area contributed by atoms with E-state index in [0.717, 1.165) is 17.7 Å². The zero-order chi connectivity index (χ0) is 12.4. The number of hydrogen-bond donors (Lipinski definition) is 1. The van der Waals surface area contributed by atoms with E-state index in [1.807, 2.05) is 25.1 Å². The van der Waals surface area contributed by atoms with Gasteiger partial charge in [-0.1, -0.05) is 30.1 Å². The van der Waals surface area contributed by atoms with Crippen molar-refractivity contribution in [2.75, 3.05) is 0 Å². The van der Waals surface area contributed by atoms with E-state index in [2.05, 4.69) is 0 Å². The quantitative estimate of drug-likeness (QED) is 0.880. The molecule has 1 aromatic carbocycles. The van der Waals surface area contributed by atoms with Crippen LogP contribution in [0.2, 0.25) is 10.0 Å². The Morgan fingerprint density at radius 3 is 2.65 bits per heavy atom. The molecular weight excluding hydrogens is 257 g/mol. The number of hydrogen-bond acceptors (Lipinski definition) is 2. The van der Waals surface area contributed by atoms with E-state index in [-0.39, 0.29) is 6.04 Å². The van der Waals surface area contributed by atoms with Crippen LogP contribution in [0.15, 0.2) is 34.7 Å². The minimum Gasteiger partial charge on any atom is -0.459 e. The Labute approximate surface area is 110 Å². The lowest BCUT2D eigenvalue weighted by atomic mass is 10.1. The van der Waals surface area contributed by atoms with Crippen molar-refractivity contribution in [2.45, 2.75) is 19.4 Å². The molecule has 0 radical (unpaired) electrons. The topological polar surface area (TPSA) is 39.2 Å². The second-order valence-corrected chi connectivity index (χ2v) is 4.68. The van der Waals surface area contributed by atoms with Crippen molar-refractivity contribution in [3.05, 3.63) is 46.1 Å². The normalized spacial score (nSPS) is 12.7. The van der Waals surface area contributed by atoms with Gasteiger partial charge in [-0.2, -0.15) is 0 Å². The molecule has 90 valence electrons. The SMILES string of the molecule is CCC(N)c1ccc(-c2ccc(Cl)cc2Cl)o1. The minimum absolute atomic E-state index is 0.0742. The molecule has 0 aliphatic rings. The highest BCUT2D eigenvalue weighted by molar-refractivity contribution is 6.36. The van der Waals surface area contributed by atoms with Crippen molar-refractivity contribution in [3.63, 3.8) is 0 Å². The summed E-state index contributed by atoms with van der Waals surface area (Å²) in [6, 6.07) is 9.00. The Morgan fingerprint density at radius 2 is 2.00 bits per heavy atom. The zero-order valence-corrected chi connectivity index (χ0v) is 10.9. The van der Waals surface area contributed by atoms with E-state index >= 15 is 0 Å². The Hall–Kier alpha value is -0.960. The molecule has 2 nitrogen and oxygen atoms in total. The average molecular weight is 270 g/mol. The molecule has 1 heterocycles. The van der Waals surface area contributed by atoms with Crippen LogP contribution in [0.25, 0.3) is 11.3 Å². The molecule has 0 amide bonds. The number of benzene rings is 1. The molecule has 4 heteroatoms. The Bertz CT molecular complexity index is 522. The van der Waals surface area contributed by atoms with E-state index in [9.17, 15) is 0 Å². The highest BCUT2D eigenvalue weighted by Crippen LogP contribution is 2.32. The maximum Gasteiger partial charge on any atom is 0.135 e. The van der Waals surface area contributed by atoms with Gasteiger partial charge in [0.2, 0.25) is 0 Å². The second kappa shape index (κ2) is 5.13. The van der Waals surface area contributed by atoms with E-state index < -0.39 is 0 Å². The molecular formula is C13H13Cl2NO. The first kappa shape index (κ1) is 12.5. The highest BCUT2D eigenvalue weighted by Gasteiger charge is 2.12. The summed E-state index contributed by atoms with van der Waals surface area (Å²) in [5, 5.41) is 1.18. The van der Waals surface area contributed by atoms with E-state index in [4.69, 9.17) is 33.4 Å². The van der Waals surface area contributed by atoms with Crippen molar-refractivity contribution in [1.82, 2.24) is 0 Å². The maximum absolute atomic E-state index is 6.11. The number of rotatable bonds is 3. The summed E-state index contributed by atoms with van der Waals surface area (Å²) in [7, 11) is 0. The molecule has 0 spiro atoms. The van der Waals surface area contributed by atoms with Crippen LogP contribution in [-0.2, 0) is 0 Å². The van der Waals surface area contributed by atoms with Crippen LogP contribution < -0.4 is 5.73 Å². The largest absolute Gasteiger partial charge is 0.459 e. The summed E-state index contributed by atoms with van der Waals surface area (Å²) < 4.78 is 5.69. The Morgan fingerprint density at radius 1 is 1.24 bits per heavy atom. The molecule has 0 bridgehead atoms. The summed E-state index contributed by atoms with van der Waals surface area (Å²) >= 11 is 12.0. The van der Waals surface area contributed by atoms with Crippen LogP contribution in [0.1, 0.15) is 25.1 Å². The Balaban J connectivity index is 2.37. The zero-order valence-electron chi connectivity index (χ0n) is 9.41. The van der Waals surface area contributed by atoms with Crippen molar-refractivity contribution < 1.29 is 4.42 Å². The van der Waals surface area contributed by atoms with Gasteiger partial charge in [0, 0.05) is 10.6 Å². The van der Waals surface area contributed by atoms with Gasteiger partial charge in [-0.15, -0.1) is 0 Å². The molecule has 0 fully saturated rings. The van der Waals surface area contributed by atoms with Crippen LogP contribution in [-0.4, -0.2) is 0 Å². The lowest BCUT2D eigenvalue weighted by Gasteiger charge is -2.05. The number of halogens is 2. The molecule has 1 aromatic heterocycles. The molecule has 0 saturated heterocycles. The van der Waals surface area contributed by atoms with Crippen molar-refractivity contribution >= 4 is 23.2 Å². The van der Waals surface area contributed by atoms with Crippen molar-refractivity contribution in [1.29, 1.82) is 0 Å². The minimum atomic E-state index is -0.0742. The monoisotopic (exact) mass is 269 g/mol. The van der Waals surface area contributed by atoms with Gasteiger partial charge in [-0.25, -0.2) is 0 Å². The van der Waals surface area contributed by atoms with Gasteiger partial charge in [-0.05, 0) is 36.8 Å². The van der Waals surface area contributed by atoms with Crippen LogP contribution >= 0.6 is 23.2 Å². The smallest absolute Gasteiger partial charge is 0.135 e. The summed E-state index contributed by atoms with van der Waals surface area (Å²) in [6.07, 6.45) is 0.835. The lowest BCUT2D eigenvalue weighted by molar-refractivity contribution is 0.470. The first-order valence-electron chi connectivity index (χ1n) is 5.42. The van der Waals surface area contributed by atoms with Crippen molar-refractivity contribution in [3.8, 4) is 11.3 Å². The third kappa shape index (κ3) is 2.65. The van der Waals surface area contributed by atoms with Gasteiger partial charge >= 0.3 is 0 Å². The fourth-order valence-corrected chi connectivity index (χ4v) is 2.09. The van der Waals surface area contributed by atoms with Crippen LogP contribution in [0.3, 0.4) is 0 Å². The summed E-state index contributed by atoms with van der Waals surface area (Å²) in [4.78, 5) is 0. The first-order valence-corrected chi connectivity index (χ1v) is 6.18. The second-order valence-electron chi connectivity index (χ2n) is 3.84. The van der Waals surface area contributed by atoms with Crippen LogP contribution in [0.5, 0.6) is 0 Å². The molecule has 0 aliphatic carbocycles. The first-order chi connectivity index (χ1) is 8.11. The van der Waals surface area contributed by atoms with Crippen LogP contribution in [0, 0.1) is 0 Å².